The first-order chi connectivity index (χ1) is 13.7. The van der Waals surface area contributed by atoms with Gasteiger partial charge in [-0.25, -0.2) is 4.98 Å². The Hall–Kier alpha value is -3.61. The van der Waals surface area contributed by atoms with Gasteiger partial charge in [0.1, 0.15) is 11.4 Å². The molecule has 0 saturated heterocycles. The number of aromatic amines is 1. The molecule has 3 aromatic rings. The molecule has 0 atom stereocenters. The van der Waals surface area contributed by atoms with Gasteiger partial charge in [0.15, 0.2) is 5.69 Å². The van der Waals surface area contributed by atoms with Crippen molar-refractivity contribution in [3.05, 3.63) is 83.4 Å². The van der Waals surface area contributed by atoms with Crippen molar-refractivity contribution in [1.29, 1.82) is 0 Å². The molecule has 2 amide bonds. The molecule has 28 heavy (non-hydrogen) atoms. The fourth-order valence-corrected chi connectivity index (χ4v) is 2.71. The summed E-state index contributed by atoms with van der Waals surface area (Å²) in [5.41, 5.74) is 2.00. The van der Waals surface area contributed by atoms with Gasteiger partial charge in [0.2, 0.25) is 0 Å². The van der Waals surface area contributed by atoms with Crippen LogP contribution in [0.4, 0.5) is 0 Å². The summed E-state index contributed by atoms with van der Waals surface area (Å²) in [4.78, 5) is 31.7. The lowest BCUT2D eigenvalue weighted by atomic mass is 10.2. The highest BCUT2D eigenvalue weighted by Gasteiger charge is 2.20. The zero-order chi connectivity index (χ0) is 19.8. The van der Waals surface area contributed by atoms with Gasteiger partial charge < -0.3 is 20.4 Å². The van der Waals surface area contributed by atoms with E-state index in [-0.39, 0.29) is 23.8 Å². The lowest BCUT2D eigenvalue weighted by Crippen LogP contribution is -2.29. The van der Waals surface area contributed by atoms with E-state index in [1.807, 2.05) is 61.5 Å². The first-order valence-corrected chi connectivity index (χ1v) is 9.03. The molecule has 0 aliphatic heterocycles. The normalized spacial score (nSPS) is 10.3. The fraction of sp³-hybridized carbons (Fsp3) is 0.190. The summed E-state index contributed by atoms with van der Waals surface area (Å²) in [6.07, 6.45) is 1.33. The quantitative estimate of drug-likeness (QED) is 0.561. The van der Waals surface area contributed by atoms with E-state index in [4.69, 9.17) is 4.74 Å². The van der Waals surface area contributed by atoms with Crippen molar-refractivity contribution in [2.75, 3.05) is 6.61 Å². The van der Waals surface area contributed by atoms with Crippen molar-refractivity contribution >= 4 is 11.8 Å². The lowest BCUT2D eigenvalue weighted by Gasteiger charge is -2.11. The molecule has 0 aliphatic rings. The molecular weight excluding hydrogens is 356 g/mol. The predicted molar refractivity (Wildman–Crippen MR) is 105 cm³/mol. The van der Waals surface area contributed by atoms with Crippen molar-refractivity contribution < 1.29 is 14.3 Å². The van der Waals surface area contributed by atoms with Crippen LogP contribution in [0.25, 0.3) is 0 Å². The number of carbonyl (C=O) groups is 2. The van der Waals surface area contributed by atoms with Crippen LogP contribution >= 0.6 is 0 Å². The van der Waals surface area contributed by atoms with Gasteiger partial charge >= 0.3 is 0 Å². The van der Waals surface area contributed by atoms with Gasteiger partial charge in [-0.2, -0.15) is 0 Å². The second-order valence-corrected chi connectivity index (χ2v) is 6.02. The number of carbonyl (C=O) groups excluding carboxylic acids is 2. The number of para-hydroxylation sites is 1. The standard InChI is InChI=1S/C21H22N4O3/c1-2-28-17-11-7-6-10-16(17)13-23-21(27)19-18(24-14-25-19)20(26)22-12-15-8-4-3-5-9-15/h3-11,14H,2,12-13H2,1H3,(H,22,26)(H,23,27)(H,24,25). The molecule has 1 aromatic heterocycles. The molecule has 0 aliphatic carbocycles. The number of nitrogens with one attached hydrogen (secondary N) is 3. The third-order valence-corrected chi connectivity index (χ3v) is 4.09. The largest absolute Gasteiger partial charge is 0.494 e. The Bertz CT molecular complexity index is 938. The maximum atomic E-state index is 12.5. The number of ether oxygens (including phenoxy) is 1. The number of hydrogen-bond acceptors (Lipinski definition) is 4. The molecule has 7 heteroatoms. The zero-order valence-corrected chi connectivity index (χ0v) is 15.6. The second-order valence-electron chi connectivity index (χ2n) is 6.02. The monoisotopic (exact) mass is 378 g/mol. The summed E-state index contributed by atoms with van der Waals surface area (Å²) in [6, 6.07) is 17.0. The van der Waals surface area contributed by atoms with Crippen LogP contribution in [0, 0.1) is 0 Å². The van der Waals surface area contributed by atoms with Crippen LogP contribution in [0.1, 0.15) is 39.0 Å². The Labute approximate surface area is 163 Å². The Morgan fingerprint density at radius 3 is 2.46 bits per heavy atom. The molecule has 0 saturated carbocycles. The molecule has 3 N–H and O–H groups in total. The SMILES string of the molecule is CCOc1ccccc1CNC(=O)c1nc[nH]c1C(=O)NCc1ccccc1. The van der Waals surface area contributed by atoms with Crippen LogP contribution in [-0.2, 0) is 13.1 Å². The van der Waals surface area contributed by atoms with E-state index in [0.717, 1.165) is 11.1 Å². The minimum Gasteiger partial charge on any atom is -0.494 e. The minimum absolute atomic E-state index is 0.0550. The molecule has 1 heterocycles. The lowest BCUT2D eigenvalue weighted by molar-refractivity contribution is 0.0911. The van der Waals surface area contributed by atoms with Gasteiger partial charge in [-0.05, 0) is 18.6 Å². The van der Waals surface area contributed by atoms with Crippen LogP contribution in [0.3, 0.4) is 0 Å². The van der Waals surface area contributed by atoms with Crippen LogP contribution in [0.15, 0.2) is 60.9 Å². The number of H-pyrrole nitrogens is 1. The van der Waals surface area contributed by atoms with E-state index >= 15 is 0 Å². The second kappa shape index (κ2) is 9.36. The van der Waals surface area contributed by atoms with Crippen LogP contribution in [0.5, 0.6) is 5.75 Å². The molecule has 0 spiro atoms. The molecule has 2 aromatic carbocycles. The number of hydrogen-bond donors (Lipinski definition) is 3. The fourth-order valence-electron chi connectivity index (χ4n) is 2.71. The van der Waals surface area contributed by atoms with E-state index in [1.54, 1.807) is 0 Å². The molecule has 144 valence electrons. The molecule has 0 fully saturated rings. The van der Waals surface area contributed by atoms with Gasteiger partial charge in [0, 0.05) is 18.7 Å². The first-order valence-electron chi connectivity index (χ1n) is 9.03. The summed E-state index contributed by atoms with van der Waals surface area (Å²) in [5, 5.41) is 5.57. The van der Waals surface area contributed by atoms with Crippen LogP contribution in [-0.4, -0.2) is 28.4 Å². The average molecular weight is 378 g/mol. The van der Waals surface area contributed by atoms with Crippen molar-refractivity contribution in [3.8, 4) is 5.75 Å². The van der Waals surface area contributed by atoms with Crippen molar-refractivity contribution in [2.24, 2.45) is 0 Å². The highest BCUT2D eigenvalue weighted by Crippen LogP contribution is 2.17. The van der Waals surface area contributed by atoms with Crippen LogP contribution in [0.2, 0.25) is 0 Å². The highest BCUT2D eigenvalue weighted by atomic mass is 16.5. The van der Waals surface area contributed by atoms with Crippen LogP contribution < -0.4 is 15.4 Å². The number of rotatable bonds is 8. The molecule has 0 bridgehead atoms. The molecular formula is C21H22N4O3. The maximum absolute atomic E-state index is 12.5. The number of amides is 2. The summed E-state index contributed by atoms with van der Waals surface area (Å²) >= 11 is 0. The summed E-state index contributed by atoms with van der Waals surface area (Å²) in [5.74, 6) is -0.105. The van der Waals surface area contributed by atoms with Crippen molar-refractivity contribution in [1.82, 2.24) is 20.6 Å². The Morgan fingerprint density at radius 2 is 1.68 bits per heavy atom. The van der Waals surface area contributed by atoms with E-state index in [1.165, 1.54) is 6.33 Å². The Kier molecular flexibility index (Phi) is 6.41. The predicted octanol–water partition coefficient (Wildman–Crippen LogP) is 2.67. The van der Waals surface area contributed by atoms with E-state index in [0.29, 0.717) is 18.9 Å². The summed E-state index contributed by atoms with van der Waals surface area (Å²) in [6.45, 7) is 3.07. The average Bonchev–Trinajstić information content (AvgIpc) is 3.22. The molecule has 0 radical (unpaired) electrons. The summed E-state index contributed by atoms with van der Waals surface area (Å²) < 4.78 is 5.56. The van der Waals surface area contributed by atoms with E-state index < -0.39 is 5.91 Å². The summed E-state index contributed by atoms with van der Waals surface area (Å²) in [7, 11) is 0. The third kappa shape index (κ3) is 4.76. The van der Waals surface area contributed by atoms with E-state index in [2.05, 4.69) is 20.6 Å². The zero-order valence-electron chi connectivity index (χ0n) is 15.6. The maximum Gasteiger partial charge on any atom is 0.272 e. The molecule has 7 nitrogen and oxygen atoms in total. The van der Waals surface area contributed by atoms with Crippen molar-refractivity contribution in [2.45, 2.75) is 20.0 Å². The third-order valence-electron chi connectivity index (χ3n) is 4.09. The topological polar surface area (TPSA) is 96.1 Å². The number of benzene rings is 2. The number of imidazole rings is 1. The molecule has 0 unspecified atom stereocenters. The smallest absolute Gasteiger partial charge is 0.272 e. The number of aromatic nitrogens is 2. The van der Waals surface area contributed by atoms with Gasteiger partial charge in [-0.1, -0.05) is 48.5 Å². The van der Waals surface area contributed by atoms with Gasteiger partial charge in [0.25, 0.3) is 11.8 Å². The van der Waals surface area contributed by atoms with Gasteiger partial charge in [-0.15, -0.1) is 0 Å². The Balaban J connectivity index is 1.62. The first kappa shape index (κ1) is 19.2. The number of nitrogens with zero attached hydrogens (tertiary/aromatic N) is 1. The van der Waals surface area contributed by atoms with Gasteiger partial charge in [-0.3, -0.25) is 9.59 Å². The van der Waals surface area contributed by atoms with E-state index in [9.17, 15) is 9.59 Å². The highest BCUT2D eigenvalue weighted by molar-refractivity contribution is 6.04. The van der Waals surface area contributed by atoms with Gasteiger partial charge in [0.05, 0.1) is 12.9 Å². The molecule has 3 rings (SSSR count). The minimum atomic E-state index is -0.433. The Morgan fingerprint density at radius 1 is 0.964 bits per heavy atom. The van der Waals surface area contributed by atoms with Crippen molar-refractivity contribution in [3.63, 3.8) is 0 Å².